The minimum absolute atomic E-state index is 0.583. The molecule has 12 heavy (non-hydrogen) atoms. The minimum atomic E-state index is 0.583. The predicted octanol–water partition coefficient (Wildman–Crippen LogP) is 1.35. The Kier molecular flexibility index (Phi) is 1.65. The lowest BCUT2D eigenvalue weighted by Gasteiger charge is -1.94. The monoisotopic (exact) mass is 180 g/mol. The number of fused-ring (bicyclic) bond motifs is 1. The number of nitrogens with one attached hydrogen (secondary N) is 1. The number of hydrogen-bond acceptors (Lipinski definition) is 3. The van der Waals surface area contributed by atoms with Gasteiger partial charge in [-0.25, -0.2) is 10.1 Å². The molecule has 0 radical (unpaired) electrons. The molecule has 1 N–H and O–H groups in total. The van der Waals surface area contributed by atoms with Crippen LogP contribution in [0, 0.1) is 4.77 Å². The quantitative estimate of drug-likeness (QED) is 0.674. The Morgan fingerprint density at radius 2 is 2.50 bits per heavy atom. The smallest absolute Gasteiger partial charge is 0.253 e. The summed E-state index contributed by atoms with van der Waals surface area (Å²) in [7, 11) is 0. The Morgan fingerprint density at radius 1 is 1.67 bits per heavy atom. The molecule has 2 rings (SSSR count). The minimum Gasteiger partial charge on any atom is -0.260 e. The molecule has 0 atom stereocenters. The third kappa shape index (κ3) is 1.02. The van der Waals surface area contributed by atoms with Crippen LogP contribution < -0.4 is 0 Å². The Labute approximate surface area is 74.3 Å². The van der Waals surface area contributed by atoms with Crippen molar-refractivity contribution < 1.29 is 0 Å². The Balaban J connectivity index is 2.77. The lowest BCUT2D eigenvalue weighted by Crippen LogP contribution is -1.92. The van der Waals surface area contributed by atoms with Crippen LogP contribution in [0.2, 0.25) is 0 Å². The predicted molar refractivity (Wildman–Crippen MR) is 47.5 cm³/mol. The summed E-state index contributed by atoms with van der Waals surface area (Å²) < 4.78 is 2.33. The van der Waals surface area contributed by atoms with Gasteiger partial charge in [-0.1, -0.05) is 6.92 Å². The van der Waals surface area contributed by atoms with Gasteiger partial charge in [0.25, 0.3) is 5.78 Å². The second kappa shape index (κ2) is 2.67. The van der Waals surface area contributed by atoms with Crippen molar-refractivity contribution in [2.75, 3.05) is 0 Å². The highest BCUT2D eigenvalue weighted by Crippen LogP contribution is 2.00. The highest BCUT2D eigenvalue weighted by Gasteiger charge is 1.98. The van der Waals surface area contributed by atoms with E-state index in [0.29, 0.717) is 10.5 Å². The van der Waals surface area contributed by atoms with E-state index in [-0.39, 0.29) is 0 Å². The van der Waals surface area contributed by atoms with Crippen LogP contribution in [0.25, 0.3) is 5.78 Å². The summed E-state index contributed by atoms with van der Waals surface area (Å²) in [6.07, 6.45) is 2.79. The fourth-order valence-electron chi connectivity index (χ4n) is 1.03. The standard InChI is InChI=1S/C7H8N4S/c1-2-5-3-4-11-6(8-5)9-10-7(11)12/h3-4H,2H2,1H3,(H,10,12). The Hall–Kier alpha value is -1.23. The van der Waals surface area contributed by atoms with Crippen LogP contribution in [0.3, 0.4) is 0 Å². The first-order valence-electron chi connectivity index (χ1n) is 3.74. The van der Waals surface area contributed by atoms with Crippen molar-refractivity contribution in [2.24, 2.45) is 0 Å². The van der Waals surface area contributed by atoms with Gasteiger partial charge in [-0.3, -0.25) is 4.40 Å². The van der Waals surface area contributed by atoms with Gasteiger partial charge in [0.2, 0.25) is 4.77 Å². The summed E-state index contributed by atoms with van der Waals surface area (Å²) >= 11 is 4.97. The summed E-state index contributed by atoms with van der Waals surface area (Å²) in [6.45, 7) is 2.06. The van der Waals surface area contributed by atoms with Gasteiger partial charge in [0.15, 0.2) is 0 Å². The molecule has 0 saturated carbocycles. The first-order valence-corrected chi connectivity index (χ1v) is 4.14. The highest BCUT2D eigenvalue weighted by atomic mass is 32.1. The van der Waals surface area contributed by atoms with Gasteiger partial charge in [0, 0.05) is 11.9 Å². The molecule has 0 aromatic carbocycles. The Bertz CT molecular complexity index is 456. The molecule has 0 unspecified atom stereocenters. The van der Waals surface area contributed by atoms with Crippen LogP contribution >= 0.6 is 12.2 Å². The molecule has 0 aliphatic carbocycles. The van der Waals surface area contributed by atoms with Crippen LogP contribution in [-0.2, 0) is 6.42 Å². The van der Waals surface area contributed by atoms with E-state index in [4.69, 9.17) is 12.2 Å². The van der Waals surface area contributed by atoms with E-state index in [0.717, 1.165) is 12.1 Å². The summed E-state index contributed by atoms with van der Waals surface area (Å²) in [6, 6.07) is 1.94. The maximum atomic E-state index is 4.97. The normalized spacial score (nSPS) is 10.8. The molecule has 62 valence electrons. The van der Waals surface area contributed by atoms with Crippen molar-refractivity contribution in [3.05, 3.63) is 22.7 Å². The molecule has 0 amide bonds. The number of nitrogens with zero attached hydrogens (tertiary/aromatic N) is 3. The second-order valence-electron chi connectivity index (χ2n) is 2.47. The van der Waals surface area contributed by atoms with Gasteiger partial charge in [-0.05, 0) is 24.7 Å². The van der Waals surface area contributed by atoms with E-state index in [2.05, 4.69) is 22.1 Å². The number of aromatic nitrogens is 4. The molecule has 0 saturated heterocycles. The van der Waals surface area contributed by atoms with Gasteiger partial charge in [0.1, 0.15) is 0 Å². The average Bonchev–Trinajstić information content (AvgIpc) is 2.47. The second-order valence-corrected chi connectivity index (χ2v) is 2.86. The van der Waals surface area contributed by atoms with Crippen molar-refractivity contribution in [2.45, 2.75) is 13.3 Å². The van der Waals surface area contributed by atoms with Crippen LogP contribution in [0.5, 0.6) is 0 Å². The first-order chi connectivity index (χ1) is 5.81. The molecule has 0 aliphatic rings. The van der Waals surface area contributed by atoms with Gasteiger partial charge >= 0.3 is 0 Å². The van der Waals surface area contributed by atoms with E-state index in [1.54, 1.807) is 4.40 Å². The average molecular weight is 180 g/mol. The maximum absolute atomic E-state index is 4.97. The van der Waals surface area contributed by atoms with Gasteiger partial charge in [-0.2, -0.15) is 0 Å². The zero-order chi connectivity index (χ0) is 8.55. The van der Waals surface area contributed by atoms with Crippen LogP contribution in [0.15, 0.2) is 12.3 Å². The maximum Gasteiger partial charge on any atom is 0.253 e. The first kappa shape index (κ1) is 7.42. The molecule has 0 spiro atoms. The third-order valence-corrected chi connectivity index (χ3v) is 2.00. The number of H-pyrrole nitrogens is 1. The molecule has 5 heteroatoms. The molecule has 4 nitrogen and oxygen atoms in total. The molecule has 0 bridgehead atoms. The van der Waals surface area contributed by atoms with Crippen LogP contribution in [0.1, 0.15) is 12.6 Å². The molecular weight excluding hydrogens is 172 g/mol. The summed E-state index contributed by atoms with van der Waals surface area (Å²) in [5.74, 6) is 0.638. The summed E-state index contributed by atoms with van der Waals surface area (Å²) in [5.41, 5.74) is 1.02. The van der Waals surface area contributed by atoms with Crippen molar-refractivity contribution in [1.29, 1.82) is 0 Å². The van der Waals surface area contributed by atoms with Crippen molar-refractivity contribution in [3.63, 3.8) is 0 Å². The molecule has 2 aromatic heterocycles. The van der Waals surface area contributed by atoms with Gasteiger partial charge < -0.3 is 0 Å². The number of rotatable bonds is 1. The summed E-state index contributed by atoms with van der Waals surface area (Å²) in [4.78, 5) is 4.27. The van der Waals surface area contributed by atoms with E-state index < -0.39 is 0 Å². The van der Waals surface area contributed by atoms with Crippen LogP contribution in [0.4, 0.5) is 0 Å². The largest absolute Gasteiger partial charge is 0.260 e. The third-order valence-electron chi connectivity index (χ3n) is 1.71. The number of hydrogen-bond donors (Lipinski definition) is 1. The molecule has 2 heterocycles. The van der Waals surface area contributed by atoms with Crippen molar-refractivity contribution in [1.82, 2.24) is 19.6 Å². The topological polar surface area (TPSA) is 46.0 Å². The summed E-state index contributed by atoms with van der Waals surface area (Å²) in [5, 5.41) is 6.64. The SMILES string of the molecule is CCc1ccn2c(=S)[nH]nc2n1. The van der Waals surface area contributed by atoms with Gasteiger partial charge in [0.05, 0.1) is 0 Å². The van der Waals surface area contributed by atoms with Crippen LogP contribution in [-0.4, -0.2) is 19.6 Å². The van der Waals surface area contributed by atoms with E-state index in [9.17, 15) is 0 Å². The van der Waals surface area contributed by atoms with Crippen molar-refractivity contribution >= 4 is 18.0 Å². The molecule has 2 aromatic rings. The fourth-order valence-corrected chi connectivity index (χ4v) is 1.22. The lowest BCUT2D eigenvalue weighted by atomic mass is 10.3. The molecule has 0 aliphatic heterocycles. The van der Waals surface area contributed by atoms with E-state index >= 15 is 0 Å². The number of aromatic amines is 1. The zero-order valence-corrected chi connectivity index (χ0v) is 7.43. The highest BCUT2D eigenvalue weighted by molar-refractivity contribution is 7.71. The Morgan fingerprint density at radius 3 is 3.25 bits per heavy atom. The van der Waals surface area contributed by atoms with E-state index in [1.807, 2.05) is 12.3 Å². The number of aryl methyl sites for hydroxylation is 1. The molecular formula is C7H8N4S. The molecule has 0 fully saturated rings. The lowest BCUT2D eigenvalue weighted by molar-refractivity contribution is 0.989. The van der Waals surface area contributed by atoms with Gasteiger partial charge in [-0.15, -0.1) is 5.10 Å². The van der Waals surface area contributed by atoms with Crippen molar-refractivity contribution in [3.8, 4) is 0 Å². The fraction of sp³-hybridized carbons (Fsp3) is 0.286. The van der Waals surface area contributed by atoms with E-state index in [1.165, 1.54) is 0 Å². The zero-order valence-electron chi connectivity index (χ0n) is 6.61.